The maximum Gasteiger partial charge on any atom is 0.227 e. The molecular formula is C22H26N2O2. The van der Waals surface area contributed by atoms with Gasteiger partial charge in [-0.1, -0.05) is 30.7 Å². The molecule has 1 aliphatic rings. The minimum Gasteiger partial charge on any atom is -0.326 e. The molecular weight excluding hydrogens is 324 g/mol. The molecule has 1 saturated carbocycles. The van der Waals surface area contributed by atoms with Gasteiger partial charge in [0.25, 0.3) is 0 Å². The zero-order valence-electron chi connectivity index (χ0n) is 15.4. The molecule has 1 aliphatic carbocycles. The molecule has 2 N–H and O–H groups in total. The van der Waals surface area contributed by atoms with Gasteiger partial charge in [-0.2, -0.15) is 0 Å². The Morgan fingerprint density at radius 2 is 1.27 bits per heavy atom. The lowest BCUT2D eigenvalue weighted by Crippen LogP contribution is -2.33. The molecule has 2 atom stereocenters. The lowest BCUT2D eigenvalue weighted by molar-refractivity contribution is -0.124. The van der Waals surface area contributed by atoms with Gasteiger partial charge in [-0.25, -0.2) is 0 Å². The monoisotopic (exact) mass is 350 g/mol. The molecule has 0 radical (unpaired) electrons. The van der Waals surface area contributed by atoms with Crippen molar-refractivity contribution in [1.29, 1.82) is 0 Å². The summed E-state index contributed by atoms with van der Waals surface area (Å²) in [5.74, 6) is -0.192. The summed E-state index contributed by atoms with van der Waals surface area (Å²) in [5.41, 5.74) is 3.87. The van der Waals surface area contributed by atoms with Gasteiger partial charge in [0, 0.05) is 23.2 Å². The summed E-state index contributed by atoms with van der Waals surface area (Å²) >= 11 is 0. The molecule has 3 rings (SSSR count). The Morgan fingerprint density at radius 1 is 0.808 bits per heavy atom. The average Bonchev–Trinajstić information content (AvgIpc) is 2.62. The third kappa shape index (κ3) is 4.72. The number of benzene rings is 2. The molecule has 2 unspecified atom stereocenters. The third-order valence-corrected chi connectivity index (χ3v) is 4.99. The highest BCUT2D eigenvalue weighted by atomic mass is 16.2. The van der Waals surface area contributed by atoms with Crippen molar-refractivity contribution in [3.8, 4) is 0 Å². The lowest BCUT2D eigenvalue weighted by Gasteiger charge is -2.27. The summed E-state index contributed by atoms with van der Waals surface area (Å²) < 4.78 is 0. The fourth-order valence-corrected chi connectivity index (χ4v) is 3.60. The van der Waals surface area contributed by atoms with Crippen molar-refractivity contribution in [3.05, 3.63) is 59.7 Å². The van der Waals surface area contributed by atoms with Gasteiger partial charge in [-0.3, -0.25) is 9.59 Å². The van der Waals surface area contributed by atoms with Gasteiger partial charge in [0.15, 0.2) is 0 Å². The van der Waals surface area contributed by atoms with Crippen molar-refractivity contribution in [3.63, 3.8) is 0 Å². The first-order valence-electron chi connectivity index (χ1n) is 9.26. The molecule has 2 aromatic rings. The number of hydrogen-bond donors (Lipinski definition) is 2. The van der Waals surface area contributed by atoms with Gasteiger partial charge in [-0.05, 0) is 68.5 Å². The van der Waals surface area contributed by atoms with Crippen LogP contribution in [0.1, 0.15) is 36.8 Å². The molecule has 4 nitrogen and oxygen atoms in total. The first kappa shape index (κ1) is 18.2. The highest BCUT2D eigenvalue weighted by molar-refractivity contribution is 5.95. The predicted molar refractivity (Wildman–Crippen MR) is 105 cm³/mol. The number of nitrogens with one attached hydrogen (secondary N) is 2. The fraction of sp³-hybridized carbons (Fsp3) is 0.364. The predicted octanol–water partition coefficient (Wildman–Crippen LogP) is 4.69. The van der Waals surface area contributed by atoms with Gasteiger partial charge >= 0.3 is 0 Å². The van der Waals surface area contributed by atoms with Crippen LogP contribution in [0.15, 0.2) is 48.5 Å². The van der Waals surface area contributed by atoms with Crippen LogP contribution in [0.4, 0.5) is 11.4 Å². The molecule has 0 heterocycles. The number of rotatable bonds is 4. The van der Waals surface area contributed by atoms with E-state index in [1.807, 2.05) is 62.4 Å². The van der Waals surface area contributed by atoms with Crippen molar-refractivity contribution in [2.45, 2.75) is 39.5 Å². The van der Waals surface area contributed by atoms with Crippen molar-refractivity contribution in [1.82, 2.24) is 0 Å². The van der Waals surface area contributed by atoms with E-state index in [9.17, 15) is 9.59 Å². The number of carbonyl (C=O) groups is 2. The van der Waals surface area contributed by atoms with Gasteiger partial charge in [0.1, 0.15) is 0 Å². The summed E-state index contributed by atoms with van der Waals surface area (Å²) in [6.45, 7) is 4.00. The Balaban J connectivity index is 1.59. The molecule has 0 spiro atoms. The van der Waals surface area contributed by atoms with Crippen molar-refractivity contribution < 1.29 is 9.59 Å². The van der Waals surface area contributed by atoms with Crippen molar-refractivity contribution in [2.75, 3.05) is 10.6 Å². The summed E-state index contributed by atoms with van der Waals surface area (Å²) in [5, 5.41) is 6.00. The number of amides is 2. The van der Waals surface area contributed by atoms with E-state index in [2.05, 4.69) is 10.6 Å². The summed E-state index contributed by atoms with van der Waals surface area (Å²) in [7, 11) is 0. The van der Waals surface area contributed by atoms with E-state index in [0.717, 1.165) is 41.8 Å². The molecule has 0 saturated heterocycles. The Bertz CT molecular complexity index is 735. The molecule has 136 valence electrons. The molecule has 2 amide bonds. The number of aryl methyl sites for hydroxylation is 2. The molecule has 1 fully saturated rings. The SMILES string of the molecule is Cc1cccc(NC(=O)C2CCCC(C(=O)Nc3cccc(C)c3)C2)c1. The minimum atomic E-state index is -0.113. The first-order valence-corrected chi connectivity index (χ1v) is 9.26. The fourth-order valence-electron chi connectivity index (χ4n) is 3.60. The normalized spacial score (nSPS) is 19.6. The Morgan fingerprint density at radius 3 is 1.69 bits per heavy atom. The van der Waals surface area contributed by atoms with Gasteiger partial charge < -0.3 is 10.6 Å². The van der Waals surface area contributed by atoms with Crippen LogP contribution in [0.3, 0.4) is 0 Å². The molecule has 4 heteroatoms. The van der Waals surface area contributed by atoms with E-state index >= 15 is 0 Å². The standard InChI is InChI=1S/C22H26N2O2/c1-15-6-3-10-19(12-15)23-21(25)17-8-5-9-18(14-17)22(26)24-20-11-4-7-16(2)13-20/h3-4,6-7,10-13,17-18H,5,8-9,14H2,1-2H3,(H,23,25)(H,24,26). The van der Waals surface area contributed by atoms with Gasteiger partial charge in [0.05, 0.1) is 0 Å². The Hall–Kier alpha value is -2.62. The lowest BCUT2D eigenvalue weighted by atomic mass is 9.80. The minimum absolute atomic E-state index is 0.0173. The van der Waals surface area contributed by atoms with Crippen LogP contribution >= 0.6 is 0 Å². The van der Waals surface area contributed by atoms with E-state index < -0.39 is 0 Å². The summed E-state index contributed by atoms with van der Waals surface area (Å²) in [6, 6.07) is 15.6. The second-order valence-electron chi connectivity index (χ2n) is 7.28. The van der Waals surface area contributed by atoms with Crippen LogP contribution in [0, 0.1) is 25.7 Å². The van der Waals surface area contributed by atoms with E-state index in [0.29, 0.717) is 6.42 Å². The van der Waals surface area contributed by atoms with Crippen LogP contribution in [0.5, 0.6) is 0 Å². The quantitative estimate of drug-likeness (QED) is 0.840. The highest BCUT2D eigenvalue weighted by Gasteiger charge is 2.31. The van der Waals surface area contributed by atoms with E-state index in [1.54, 1.807) is 0 Å². The first-order chi connectivity index (χ1) is 12.5. The number of hydrogen-bond acceptors (Lipinski definition) is 2. The molecule has 2 aromatic carbocycles. The summed E-state index contributed by atoms with van der Waals surface area (Å²) in [4.78, 5) is 25.2. The number of carbonyl (C=O) groups excluding carboxylic acids is 2. The van der Waals surface area contributed by atoms with Gasteiger partial charge in [-0.15, -0.1) is 0 Å². The van der Waals surface area contributed by atoms with Crippen molar-refractivity contribution >= 4 is 23.2 Å². The molecule has 26 heavy (non-hydrogen) atoms. The molecule has 0 bridgehead atoms. The Kier molecular flexibility index (Phi) is 5.71. The average molecular weight is 350 g/mol. The zero-order valence-corrected chi connectivity index (χ0v) is 15.4. The van der Waals surface area contributed by atoms with E-state index in [1.165, 1.54) is 0 Å². The largest absolute Gasteiger partial charge is 0.326 e. The highest BCUT2D eigenvalue weighted by Crippen LogP contribution is 2.31. The van der Waals surface area contributed by atoms with Crippen molar-refractivity contribution in [2.24, 2.45) is 11.8 Å². The molecule has 0 aliphatic heterocycles. The van der Waals surface area contributed by atoms with Crippen LogP contribution < -0.4 is 10.6 Å². The van der Waals surface area contributed by atoms with Crippen LogP contribution in [-0.4, -0.2) is 11.8 Å². The maximum absolute atomic E-state index is 12.6. The van der Waals surface area contributed by atoms with Crippen LogP contribution in [0.25, 0.3) is 0 Å². The zero-order chi connectivity index (χ0) is 18.5. The second-order valence-corrected chi connectivity index (χ2v) is 7.28. The summed E-state index contributed by atoms with van der Waals surface area (Å²) in [6.07, 6.45) is 3.19. The topological polar surface area (TPSA) is 58.2 Å². The van der Waals surface area contributed by atoms with Crippen LogP contribution in [0.2, 0.25) is 0 Å². The Labute approximate surface area is 155 Å². The maximum atomic E-state index is 12.6. The second kappa shape index (κ2) is 8.17. The number of anilines is 2. The van der Waals surface area contributed by atoms with E-state index in [4.69, 9.17) is 0 Å². The smallest absolute Gasteiger partial charge is 0.227 e. The third-order valence-electron chi connectivity index (χ3n) is 4.99. The molecule has 0 aromatic heterocycles. The van der Waals surface area contributed by atoms with E-state index in [-0.39, 0.29) is 23.7 Å². The van der Waals surface area contributed by atoms with Gasteiger partial charge in [0.2, 0.25) is 11.8 Å². The van der Waals surface area contributed by atoms with Crippen LogP contribution in [-0.2, 0) is 9.59 Å².